The first-order valence-electron chi connectivity index (χ1n) is 9.87. The molecule has 32 heavy (non-hydrogen) atoms. The first-order chi connectivity index (χ1) is 15.2. The van der Waals surface area contributed by atoms with Crippen molar-refractivity contribution in [3.05, 3.63) is 104 Å². The summed E-state index contributed by atoms with van der Waals surface area (Å²) in [6, 6.07) is 17.5. The van der Waals surface area contributed by atoms with Crippen LogP contribution in [0, 0.1) is 17.0 Å². The van der Waals surface area contributed by atoms with E-state index in [0.717, 1.165) is 17.2 Å². The number of nitrogens with zero attached hydrogens (tertiary/aromatic N) is 2. The van der Waals surface area contributed by atoms with Crippen LogP contribution < -0.4 is 4.90 Å². The van der Waals surface area contributed by atoms with Crippen LogP contribution in [-0.2, 0) is 16.9 Å². The third-order valence-corrected chi connectivity index (χ3v) is 5.91. The molecule has 8 heteroatoms. The summed E-state index contributed by atoms with van der Waals surface area (Å²) in [6.45, 7) is 2.14. The largest absolute Gasteiger partial charge is 0.375 e. The van der Waals surface area contributed by atoms with Gasteiger partial charge in [0.2, 0.25) is 0 Å². The first kappa shape index (κ1) is 21.7. The second kappa shape index (κ2) is 8.18. The van der Waals surface area contributed by atoms with Crippen molar-refractivity contribution in [3.63, 3.8) is 0 Å². The van der Waals surface area contributed by atoms with Crippen LogP contribution in [0.5, 0.6) is 0 Å². The summed E-state index contributed by atoms with van der Waals surface area (Å²) in [7, 11) is 0. The van der Waals surface area contributed by atoms with Crippen molar-refractivity contribution in [2.45, 2.75) is 25.5 Å². The number of ketones is 1. The molecule has 0 aromatic heterocycles. The number of anilines is 1. The molecule has 0 saturated heterocycles. The quantitative estimate of drug-likeness (QED) is 0.337. The molecule has 0 unspecified atom stereocenters. The normalized spacial score (nSPS) is 17.3. The van der Waals surface area contributed by atoms with Crippen LogP contribution in [0.25, 0.3) is 0 Å². The lowest BCUT2D eigenvalue weighted by Crippen LogP contribution is -2.41. The van der Waals surface area contributed by atoms with Crippen LogP contribution in [-0.4, -0.2) is 21.7 Å². The summed E-state index contributed by atoms with van der Waals surface area (Å²) in [5.41, 5.74) is 0.255. The maximum absolute atomic E-state index is 13.4. The molecule has 1 amide bonds. The summed E-state index contributed by atoms with van der Waals surface area (Å²) < 4.78 is 0. The summed E-state index contributed by atoms with van der Waals surface area (Å²) in [4.78, 5) is 38.3. The van der Waals surface area contributed by atoms with E-state index in [1.807, 2.05) is 31.2 Å². The van der Waals surface area contributed by atoms with Crippen molar-refractivity contribution in [2.24, 2.45) is 0 Å². The smallest absolute Gasteiger partial charge is 0.270 e. The van der Waals surface area contributed by atoms with Gasteiger partial charge in [-0.05, 0) is 36.2 Å². The van der Waals surface area contributed by atoms with Crippen LogP contribution in [0.4, 0.5) is 11.4 Å². The fraction of sp³-hybridized carbons (Fsp3) is 0.167. The lowest BCUT2D eigenvalue weighted by atomic mass is 9.88. The van der Waals surface area contributed by atoms with Crippen LogP contribution in [0.15, 0.2) is 66.7 Å². The minimum absolute atomic E-state index is 0.0429. The van der Waals surface area contributed by atoms with Gasteiger partial charge in [0.1, 0.15) is 0 Å². The molecule has 1 heterocycles. The van der Waals surface area contributed by atoms with Crippen LogP contribution in [0.2, 0.25) is 5.02 Å². The van der Waals surface area contributed by atoms with E-state index in [2.05, 4.69) is 0 Å². The second-order valence-electron chi connectivity index (χ2n) is 7.75. The van der Waals surface area contributed by atoms with Gasteiger partial charge in [0, 0.05) is 28.3 Å². The number of Topliss-reactive ketones (excluding diaryl/α,β-unsaturated/α-hetero) is 1. The predicted octanol–water partition coefficient (Wildman–Crippen LogP) is 4.56. The molecule has 1 aliphatic rings. The number of carbonyl (C=O) groups is 2. The highest BCUT2D eigenvalue weighted by Gasteiger charge is 2.51. The molecule has 0 aliphatic carbocycles. The molecular weight excluding hydrogens is 432 g/mol. The maximum Gasteiger partial charge on any atom is 0.270 e. The molecule has 162 valence electrons. The van der Waals surface area contributed by atoms with E-state index in [1.165, 1.54) is 29.2 Å². The van der Waals surface area contributed by atoms with E-state index in [-0.39, 0.29) is 23.4 Å². The molecule has 1 atom stereocenters. The van der Waals surface area contributed by atoms with Crippen molar-refractivity contribution in [1.82, 2.24) is 0 Å². The molecule has 1 N–H and O–H groups in total. The molecule has 3 aromatic rings. The van der Waals surface area contributed by atoms with Crippen LogP contribution in [0.3, 0.4) is 0 Å². The third kappa shape index (κ3) is 3.77. The highest BCUT2D eigenvalue weighted by atomic mass is 35.5. The highest BCUT2D eigenvalue weighted by Crippen LogP contribution is 2.45. The molecule has 7 nitrogen and oxygen atoms in total. The lowest BCUT2D eigenvalue weighted by molar-refractivity contribution is -0.384. The molecule has 1 aliphatic heterocycles. The second-order valence-corrected chi connectivity index (χ2v) is 8.18. The number of hydrogen-bond donors (Lipinski definition) is 1. The fourth-order valence-electron chi connectivity index (χ4n) is 3.94. The number of fused-ring (bicyclic) bond motifs is 1. The average molecular weight is 451 g/mol. The number of nitro benzene ring substituents is 1. The zero-order valence-electron chi connectivity index (χ0n) is 17.1. The number of non-ortho nitro benzene ring substituents is 1. The molecule has 0 radical (unpaired) electrons. The van der Waals surface area contributed by atoms with Crippen molar-refractivity contribution in [1.29, 1.82) is 0 Å². The molecule has 3 aromatic carbocycles. The molecule has 4 rings (SSSR count). The monoisotopic (exact) mass is 450 g/mol. The Bertz CT molecular complexity index is 1260. The van der Waals surface area contributed by atoms with Gasteiger partial charge >= 0.3 is 0 Å². The standard InChI is InChI=1S/C24H19ClN2O5/c1-15-5-2-3-6-17(15)14-26-21-10-9-18(25)12-20(21)24(30,23(26)29)13-22(28)16-7-4-8-19(11-16)27(31)32/h2-12,30H,13-14H2,1H3/t24-/m0/s1. The number of carbonyl (C=O) groups excluding carboxylic acids is 2. The Labute approximate surface area is 189 Å². The van der Waals surface area contributed by atoms with E-state index in [9.17, 15) is 24.8 Å². The molecule has 0 spiro atoms. The van der Waals surface area contributed by atoms with E-state index in [0.29, 0.717) is 10.7 Å². The van der Waals surface area contributed by atoms with E-state index < -0.39 is 28.6 Å². The minimum atomic E-state index is -2.13. The van der Waals surface area contributed by atoms with Gasteiger partial charge in [-0.15, -0.1) is 0 Å². The number of nitro groups is 1. The van der Waals surface area contributed by atoms with Gasteiger partial charge in [0.25, 0.3) is 11.6 Å². The van der Waals surface area contributed by atoms with Gasteiger partial charge in [-0.1, -0.05) is 48.0 Å². The molecule has 0 bridgehead atoms. The number of rotatable bonds is 6. The van der Waals surface area contributed by atoms with E-state index >= 15 is 0 Å². The third-order valence-electron chi connectivity index (χ3n) is 5.68. The summed E-state index contributed by atoms with van der Waals surface area (Å²) in [5, 5.41) is 22.8. The predicted molar refractivity (Wildman–Crippen MR) is 120 cm³/mol. The zero-order valence-corrected chi connectivity index (χ0v) is 17.9. The topological polar surface area (TPSA) is 101 Å². The molecule has 0 saturated carbocycles. The Morgan fingerprint density at radius 3 is 2.59 bits per heavy atom. The Morgan fingerprint density at radius 1 is 1.12 bits per heavy atom. The number of halogens is 1. The van der Waals surface area contributed by atoms with Gasteiger partial charge in [0.05, 0.1) is 23.6 Å². The SMILES string of the molecule is Cc1ccccc1CN1C(=O)[C@](O)(CC(=O)c2cccc([N+](=O)[O-])c2)c2cc(Cl)ccc21. The Kier molecular flexibility index (Phi) is 5.54. The summed E-state index contributed by atoms with van der Waals surface area (Å²) >= 11 is 6.14. The van der Waals surface area contributed by atoms with Crippen LogP contribution >= 0.6 is 11.6 Å². The van der Waals surface area contributed by atoms with E-state index in [1.54, 1.807) is 12.1 Å². The Morgan fingerprint density at radius 2 is 1.88 bits per heavy atom. The highest BCUT2D eigenvalue weighted by molar-refractivity contribution is 6.31. The lowest BCUT2D eigenvalue weighted by Gasteiger charge is -2.23. The molecular formula is C24H19ClN2O5. The average Bonchev–Trinajstić information content (AvgIpc) is 2.96. The minimum Gasteiger partial charge on any atom is -0.375 e. The van der Waals surface area contributed by atoms with Gasteiger partial charge in [0.15, 0.2) is 11.4 Å². The zero-order chi connectivity index (χ0) is 23.0. The van der Waals surface area contributed by atoms with Crippen LogP contribution in [0.1, 0.15) is 33.5 Å². The van der Waals surface area contributed by atoms with Gasteiger partial charge in [-0.2, -0.15) is 0 Å². The molecule has 0 fully saturated rings. The van der Waals surface area contributed by atoms with Gasteiger partial charge in [-0.3, -0.25) is 19.7 Å². The van der Waals surface area contributed by atoms with Crippen molar-refractivity contribution >= 4 is 34.7 Å². The number of hydrogen-bond acceptors (Lipinski definition) is 5. The number of amides is 1. The number of aliphatic hydroxyl groups is 1. The van der Waals surface area contributed by atoms with E-state index in [4.69, 9.17) is 11.6 Å². The Balaban J connectivity index is 1.72. The summed E-state index contributed by atoms with van der Waals surface area (Å²) in [6.07, 6.45) is -0.565. The number of benzene rings is 3. The Hall–Kier alpha value is -3.55. The summed E-state index contributed by atoms with van der Waals surface area (Å²) in [5.74, 6) is -1.23. The van der Waals surface area contributed by atoms with Crippen molar-refractivity contribution in [2.75, 3.05) is 4.90 Å². The van der Waals surface area contributed by atoms with Crippen molar-refractivity contribution < 1.29 is 19.6 Å². The fourth-order valence-corrected chi connectivity index (χ4v) is 4.11. The van der Waals surface area contributed by atoms with Crippen molar-refractivity contribution in [3.8, 4) is 0 Å². The maximum atomic E-state index is 13.4. The van der Waals surface area contributed by atoms with Gasteiger partial charge < -0.3 is 10.0 Å². The number of aryl methyl sites for hydroxylation is 1. The van der Waals surface area contributed by atoms with Gasteiger partial charge in [-0.25, -0.2) is 0 Å². The first-order valence-corrected chi connectivity index (χ1v) is 10.2.